The van der Waals surface area contributed by atoms with Gasteiger partial charge in [0.25, 0.3) is 5.89 Å². The topological polar surface area (TPSA) is 91.0 Å². The van der Waals surface area contributed by atoms with Gasteiger partial charge in [0, 0.05) is 5.38 Å². The Bertz CT molecular complexity index is 599. The van der Waals surface area contributed by atoms with E-state index in [0.29, 0.717) is 22.5 Å². The Morgan fingerprint density at radius 3 is 2.94 bits per heavy atom. The largest absolute Gasteiger partial charge is 0.472 e. The molecule has 0 saturated carbocycles. The summed E-state index contributed by atoms with van der Waals surface area (Å²) in [4.78, 5) is 8.24. The highest BCUT2D eigenvalue weighted by Crippen LogP contribution is 2.24. The van der Waals surface area contributed by atoms with E-state index in [1.54, 1.807) is 24.0 Å². The molecule has 6 nitrogen and oxygen atoms in total. The Hall–Kier alpha value is -2.15. The van der Waals surface area contributed by atoms with Crippen LogP contribution in [0.1, 0.15) is 0 Å². The number of furan rings is 1. The molecule has 0 fully saturated rings. The van der Waals surface area contributed by atoms with Gasteiger partial charge in [-0.2, -0.15) is 4.98 Å². The molecule has 7 heteroatoms. The van der Waals surface area contributed by atoms with Crippen LogP contribution in [-0.2, 0) is 0 Å². The predicted molar refractivity (Wildman–Crippen MR) is 57.5 cm³/mol. The standard InChI is InChI=1S/C9H6N4O2S/c10-9-11-6(4-16-9)8-12-7(13-15-8)5-1-2-14-3-5/h1-4H,(H2,10,11). The smallest absolute Gasteiger partial charge is 0.277 e. The molecule has 3 aromatic rings. The lowest BCUT2D eigenvalue weighted by Crippen LogP contribution is -1.83. The quantitative estimate of drug-likeness (QED) is 0.729. The summed E-state index contributed by atoms with van der Waals surface area (Å²) in [5.41, 5.74) is 6.87. The lowest BCUT2D eigenvalue weighted by molar-refractivity contribution is 0.431. The lowest BCUT2D eigenvalue weighted by atomic mass is 10.3. The highest BCUT2D eigenvalue weighted by Gasteiger charge is 2.13. The molecule has 3 rings (SSSR count). The molecule has 0 saturated heterocycles. The lowest BCUT2D eigenvalue weighted by Gasteiger charge is -1.82. The van der Waals surface area contributed by atoms with Gasteiger partial charge in [0.2, 0.25) is 5.82 Å². The minimum atomic E-state index is 0.351. The number of nitrogen functional groups attached to an aromatic ring is 1. The van der Waals surface area contributed by atoms with Crippen molar-refractivity contribution in [2.75, 3.05) is 5.73 Å². The molecule has 0 unspecified atom stereocenters. The maximum atomic E-state index is 5.52. The van der Waals surface area contributed by atoms with Crippen LogP contribution in [0.5, 0.6) is 0 Å². The zero-order chi connectivity index (χ0) is 11.0. The van der Waals surface area contributed by atoms with Gasteiger partial charge in [-0.15, -0.1) is 11.3 Å². The third-order valence-corrected chi connectivity index (χ3v) is 2.62. The third-order valence-electron chi connectivity index (χ3n) is 1.95. The minimum Gasteiger partial charge on any atom is -0.472 e. The Morgan fingerprint density at radius 2 is 2.25 bits per heavy atom. The van der Waals surface area contributed by atoms with Crippen molar-refractivity contribution in [1.82, 2.24) is 15.1 Å². The molecular weight excluding hydrogens is 228 g/mol. The molecule has 3 heterocycles. The second-order valence-electron chi connectivity index (χ2n) is 3.01. The average molecular weight is 234 g/mol. The van der Waals surface area contributed by atoms with Crippen molar-refractivity contribution in [2.24, 2.45) is 0 Å². The molecule has 16 heavy (non-hydrogen) atoms. The van der Waals surface area contributed by atoms with Crippen LogP contribution >= 0.6 is 11.3 Å². The Kier molecular flexibility index (Phi) is 1.97. The highest BCUT2D eigenvalue weighted by molar-refractivity contribution is 7.13. The molecule has 0 aliphatic carbocycles. The van der Waals surface area contributed by atoms with Gasteiger partial charge in [-0.05, 0) is 6.07 Å². The molecule has 0 aliphatic rings. The first-order valence-electron chi connectivity index (χ1n) is 4.40. The molecule has 0 amide bonds. The van der Waals surface area contributed by atoms with Gasteiger partial charge in [0.05, 0.1) is 11.8 Å². The molecule has 2 N–H and O–H groups in total. The van der Waals surface area contributed by atoms with Crippen LogP contribution in [0.2, 0.25) is 0 Å². The number of rotatable bonds is 2. The summed E-state index contributed by atoms with van der Waals surface area (Å²) in [5.74, 6) is 0.819. The number of aromatic nitrogens is 3. The molecule has 80 valence electrons. The minimum absolute atomic E-state index is 0.351. The van der Waals surface area contributed by atoms with E-state index >= 15 is 0 Å². The Balaban J connectivity index is 2.00. The van der Waals surface area contributed by atoms with Gasteiger partial charge >= 0.3 is 0 Å². The van der Waals surface area contributed by atoms with E-state index in [9.17, 15) is 0 Å². The molecule has 3 aromatic heterocycles. The van der Waals surface area contributed by atoms with Crippen LogP contribution in [0.3, 0.4) is 0 Å². The van der Waals surface area contributed by atoms with Crippen molar-refractivity contribution in [1.29, 1.82) is 0 Å². The molecule has 0 bridgehead atoms. The van der Waals surface area contributed by atoms with E-state index in [4.69, 9.17) is 14.7 Å². The monoisotopic (exact) mass is 234 g/mol. The maximum Gasteiger partial charge on any atom is 0.277 e. The number of nitrogens with zero attached hydrogens (tertiary/aromatic N) is 3. The molecule has 0 spiro atoms. The maximum absolute atomic E-state index is 5.52. The van der Waals surface area contributed by atoms with E-state index < -0.39 is 0 Å². The van der Waals surface area contributed by atoms with Gasteiger partial charge in [0.1, 0.15) is 12.0 Å². The van der Waals surface area contributed by atoms with E-state index in [2.05, 4.69) is 15.1 Å². The van der Waals surface area contributed by atoms with Crippen molar-refractivity contribution in [3.63, 3.8) is 0 Å². The summed E-state index contributed by atoms with van der Waals surface area (Å²) < 4.78 is 10.0. The summed E-state index contributed by atoms with van der Waals surface area (Å²) in [6, 6.07) is 1.75. The number of anilines is 1. The normalized spacial score (nSPS) is 10.8. The first-order chi connectivity index (χ1) is 7.83. The summed E-state index contributed by atoms with van der Waals surface area (Å²) in [6.07, 6.45) is 3.09. The third kappa shape index (κ3) is 1.47. The Labute approximate surface area is 93.7 Å². The van der Waals surface area contributed by atoms with E-state index in [1.807, 2.05) is 0 Å². The Morgan fingerprint density at radius 1 is 1.31 bits per heavy atom. The van der Waals surface area contributed by atoms with Crippen LogP contribution in [0.15, 0.2) is 32.9 Å². The number of hydrogen-bond acceptors (Lipinski definition) is 7. The van der Waals surface area contributed by atoms with Gasteiger partial charge in [-0.25, -0.2) is 4.98 Å². The zero-order valence-corrected chi connectivity index (χ0v) is 8.77. The van der Waals surface area contributed by atoms with Crippen molar-refractivity contribution in [3.05, 3.63) is 24.0 Å². The first kappa shape index (κ1) is 9.10. The number of hydrogen-bond donors (Lipinski definition) is 1. The molecule has 0 radical (unpaired) electrons. The van der Waals surface area contributed by atoms with Gasteiger partial charge in [-0.3, -0.25) is 0 Å². The van der Waals surface area contributed by atoms with Crippen LogP contribution in [0.4, 0.5) is 5.13 Å². The van der Waals surface area contributed by atoms with E-state index in [0.717, 1.165) is 5.56 Å². The summed E-state index contributed by atoms with van der Waals surface area (Å²) >= 11 is 1.33. The van der Waals surface area contributed by atoms with Gasteiger partial charge < -0.3 is 14.7 Å². The summed E-state index contributed by atoms with van der Waals surface area (Å²) in [5, 5.41) is 6.06. The molecular formula is C9H6N4O2S. The van der Waals surface area contributed by atoms with Crippen molar-refractivity contribution >= 4 is 16.5 Å². The fourth-order valence-corrected chi connectivity index (χ4v) is 1.76. The highest BCUT2D eigenvalue weighted by atomic mass is 32.1. The van der Waals surface area contributed by atoms with E-state index in [-0.39, 0.29) is 0 Å². The van der Waals surface area contributed by atoms with Crippen LogP contribution in [0, 0.1) is 0 Å². The van der Waals surface area contributed by atoms with Crippen LogP contribution < -0.4 is 5.73 Å². The number of nitrogens with two attached hydrogens (primary N) is 1. The summed E-state index contributed by atoms with van der Waals surface area (Å²) in [7, 11) is 0. The van der Waals surface area contributed by atoms with Crippen molar-refractivity contribution < 1.29 is 8.94 Å². The molecule has 0 aromatic carbocycles. The molecule has 0 atom stereocenters. The SMILES string of the molecule is Nc1nc(-c2nc(-c3ccoc3)no2)cs1. The average Bonchev–Trinajstić information content (AvgIpc) is 2.97. The second-order valence-corrected chi connectivity index (χ2v) is 3.90. The first-order valence-corrected chi connectivity index (χ1v) is 5.28. The fraction of sp³-hybridized carbons (Fsp3) is 0. The summed E-state index contributed by atoms with van der Waals surface area (Å²) in [6.45, 7) is 0. The van der Waals surface area contributed by atoms with Crippen LogP contribution in [0.25, 0.3) is 23.0 Å². The second kappa shape index (κ2) is 3.46. The number of thiazole rings is 1. The zero-order valence-electron chi connectivity index (χ0n) is 7.95. The van der Waals surface area contributed by atoms with Gasteiger partial charge in [0.15, 0.2) is 5.13 Å². The van der Waals surface area contributed by atoms with Gasteiger partial charge in [-0.1, -0.05) is 5.16 Å². The fourth-order valence-electron chi connectivity index (χ4n) is 1.22. The van der Waals surface area contributed by atoms with Crippen molar-refractivity contribution in [3.8, 4) is 23.0 Å². The van der Waals surface area contributed by atoms with Crippen LogP contribution in [-0.4, -0.2) is 15.1 Å². The van der Waals surface area contributed by atoms with Crippen molar-refractivity contribution in [2.45, 2.75) is 0 Å². The predicted octanol–water partition coefficient (Wildman–Crippen LogP) is 2.04. The molecule has 0 aliphatic heterocycles. The van der Waals surface area contributed by atoms with E-state index in [1.165, 1.54) is 11.3 Å².